The van der Waals surface area contributed by atoms with Gasteiger partial charge in [0.05, 0.1) is 19.3 Å². The molecule has 0 N–H and O–H groups in total. The van der Waals surface area contributed by atoms with Crippen molar-refractivity contribution in [2.24, 2.45) is 0 Å². The van der Waals surface area contributed by atoms with Crippen LogP contribution in [0.3, 0.4) is 0 Å². The molecule has 156 valence electrons. The van der Waals surface area contributed by atoms with Crippen LogP contribution < -0.4 is 0 Å². The van der Waals surface area contributed by atoms with E-state index in [0.717, 1.165) is 43.2 Å². The van der Waals surface area contributed by atoms with Gasteiger partial charge in [-0.2, -0.15) is 0 Å². The Balaban J connectivity index is 1.28. The highest BCUT2D eigenvalue weighted by atomic mass is 32.1. The van der Waals surface area contributed by atoms with E-state index in [1.807, 2.05) is 17.9 Å². The fourth-order valence-electron chi connectivity index (χ4n) is 3.99. The summed E-state index contributed by atoms with van der Waals surface area (Å²) in [5, 5.41) is 0. The Labute approximate surface area is 175 Å². The lowest BCUT2D eigenvalue weighted by atomic mass is 10.2. The summed E-state index contributed by atoms with van der Waals surface area (Å²) >= 11 is 1.72. The summed E-state index contributed by atoms with van der Waals surface area (Å²) in [6, 6.07) is 10.9. The number of ether oxygens (including phenoxy) is 1. The van der Waals surface area contributed by atoms with Crippen molar-refractivity contribution in [2.45, 2.75) is 19.5 Å². The smallest absolute Gasteiger partial charge is 0.239 e. The molecule has 1 aromatic carbocycles. The molecule has 0 radical (unpaired) electrons. The zero-order chi connectivity index (χ0) is 20.2. The number of rotatable bonds is 5. The average Bonchev–Trinajstić information content (AvgIpc) is 3.22. The molecule has 4 rings (SSSR count). The van der Waals surface area contributed by atoms with Crippen LogP contribution in [0.5, 0.6) is 0 Å². The van der Waals surface area contributed by atoms with E-state index in [4.69, 9.17) is 4.74 Å². The van der Waals surface area contributed by atoms with Gasteiger partial charge in [0.25, 0.3) is 0 Å². The SMILES string of the molecule is CC(C(=O)N1CCOCC1)N1CCN(Cc2ccc(-c3cccc(F)c3)s2)CC1. The summed E-state index contributed by atoms with van der Waals surface area (Å²) in [6.45, 7) is 9.33. The summed E-state index contributed by atoms with van der Waals surface area (Å²) in [5.74, 6) is 0.0223. The molecule has 0 aliphatic carbocycles. The predicted molar refractivity (Wildman–Crippen MR) is 113 cm³/mol. The van der Waals surface area contributed by atoms with Crippen molar-refractivity contribution in [1.29, 1.82) is 0 Å². The van der Waals surface area contributed by atoms with Crippen molar-refractivity contribution in [3.05, 3.63) is 47.1 Å². The number of morpholine rings is 1. The first-order chi connectivity index (χ1) is 14.1. The van der Waals surface area contributed by atoms with E-state index in [0.29, 0.717) is 26.3 Å². The Morgan fingerprint density at radius 2 is 1.86 bits per heavy atom. The maximum Gasteiger partial charge on any atom is 0.239 e. The topological polar surface area (TPSA) is 36.0 Å². The molecule has 1 amide bonds. The summed E-state index contributed by atoms with van der Waals surface area (Å²) < 4.78 is 18.8. The average molecular weight is 418 g/mol. The Hall–Kier alpha value is -1.80. The predicted octanol–water partition coefficient (Wildman–Crippen LogP) is 2.92. The first-order valence-corrected chi connectivity index (χ1v) is 11.1. The number of nitrogens with zero attached hydrogens (tertiary/aromatic N) is 3. The van der Waals surface area contributed by atoms with Gasteiger partial charge >= 0.3 is 0 Å². The summed E-state index contributed by atoms with van der Waals surface area (Å²) in [4.78, 5) is 21.8. The number of carbonyl (C=O) groups is 1. The molecule has 2 aliphatic heterocycles. The Bertz CT molecular complexity index is 829. The quantitative estimate of drug-likeness (QED) is 0.750. The highest BCUT2D eigenvalue weighted by Gasteiger charge is 2.29. The molecule has 1 atom stereocenters. The van der Waals surface area contributed by atoms with Crippen LogP contribution in [0.2, 0.25) is 0 Å². The van der Waals surface area contributed by atoms with Gasteiger partial charge in [0.15, 0.2) is 0 Å². The minimum Gasteiger partial charge on any atom is -0.378 e. The van der Waals surface area contributed by atoms with Crippen LogP contribution >= 0.6 is 11.3 Å². The Kier molecular flexibility index (Phi) is 6.60. The molecule has 2 aliphatic rings. The van der Waals surface area contributed by atoms with E-state index in [9.17, 15) is 9.18 Å². The molecule has 0 saturated carbocycles. The van der Waals surface area contributed by atoms with Crippen molar-refractivity contribution in [3.8, 4) is 10.4 Å². The first-order valence-electron chi connectivity index (χ1n) is 10.3. The minimum absolute atomic E-state index is 0.0726. The van der Waals surface area contributed by atoms with Crippen LogP contribution in [0, 0.1) is 5.82 Å². The third kappa shape index (κ3) is 5.04. The number of hydrogen-bond donors (Lipinski definition) is 0. The van der Waals surface area contributed by atoms with E-state index in [-0.39, 0.29) is 17.8 Å². The second kappa shape index (κ2) is 9.34. The van der Waals surface area contributed by atoms with Gasteiger partial charge in [0.1, 0.15) is 5.82 Å². The standard InChI is InChI=1S/C22H28FN3O2S/c1-17(22(27)26-11-13-28-14-12-26)25-9-7-24(8-10-25)16-20-5-6-21(29-20)18-3-2-4-19(23)15-18/h2-6,15,17H,7-14,16H2,1H3. The van der Waals surface area contributed by atoms with Crippen LogP contribution in [-0.2, 0) is 16.1 Å². The molecular formula is C22H28FN3O2S. The monoisotopic (exact) mass is 417 g/mol. The highest BCUT2D eigenvalue weighted by molar-refractivity contribution is 7.15. The van der Waals surface area contributed by atoms with Crippen molar-refractivity contribution >= 4 is 17.2 Å². The molecule has 0 bridgehead atoms. The van der Waals surface area contributed by atoms with E-state index in [1.54, 1.807) is 23.5 Å². The number of hydrogen-bond acceptors (Lipinski definition) is 5. The molecule has 0 spiro atoms. The molecular weight excluding hydrogens is 389 g/mol. The zero-order valence-electron chi connectivity index (χ0n) is 16.8. The Morgan fingerprint density at radius 1 is 1.10 bits per heavy atom. The lowest BCUT2D eigenvalue weighted by molar-refractivity contribution is -0.141. The van der Waals surface area contributed by atoms with Gasteiger partial charge in [-0.15, -0.1) is 11.3 Å². The second-order valence-corrected chi connectivity index (χ2v) is 8.87. The summed E-state index contributed by atoms with van der Waals surface area (Å²) in [5.41, 5.74) is 0.932. The van der Waals surface area contributed by atoms with Gasteiger partial charge in [-0.3, -0.25) is 14.6 Å². The van der Waals surface area contributed by atoms with Gasteiger partial charge in [0, 0.05) is 55.6 Å². The van der Waals surface area contributed by atoms with E-state index >= 15 is 0 Å². The number of benzene rings is 1. The first kappa shape index (κ1) is 20.5. The number of halogens is 1. The largest absolute Gasteiger partial charge is 0.378 e. The lowest BCUT2D eigenvalue weighted by Gasteiger charge is -2.39. The fourth-order valence-corrected chi connectivity index (χ4v) is 5.04. The second-order valence-electron chi connectivity index (χ2n) is 7.70. The molecule has 7 heteroatoms. The van der Waals surface area contributed by atoms with Crippen molar-refractivity contribution in [1.82, 2.24) is 14.7 Å². The molecule has 1 aromatic heterocycles. The third-order valence-corrected chi connectivity index (χ3v) is 6.90. The van der Waals surface area contributed by atoms with Crippen LogP contribution in [0.1, 0.15) is 11.8 Å². The number of thiophene rings is 1. The number of amides is 1. The molecule has 2 saturated heterocycles. The van der Waals surface area contributed by atoms with Crippen molar-refractivity contribution in [3.63, 3.8) is 0 Å². The highest BCUT2D eigenvalue weighted by Crippen LogP contribution is 2.29. The molecule has 2 fully saturated rings. The third-order valence-electron chi connectivity index (χ3n) is 5.78. The van der Waals surface area contributed by atoms with E-state index < -0.39 is 0 Å². The fraction of sp³-hybridized carbons (Fsp3) is 0.500. The van der Waals surface area contributed by atoms with Crippen LogP contribution in [0.15, 0.2) is 36.4 Å². The molecule has 2 aromatic rings. The minimum atomic E-state index is -0.200. The van der Waals surface area contributed by atoms with E-state index in [1.165, 1.54) is 10.9 Å². The van der Waals surface area contributed by atoms with Gasteiger partial charge in [-0.25, -0.2) is 4.39 Å². The van der Waals surface area contributed by atoms with Crippen molar-refractivity contribution in [2.75, 3.05) is 52.5 Å². The van der Waals surface area contributed by atoms with E-state index in [2.05, 4.69) is 21.9 Å². The Morgan fingerprint density at radius 3 is 2.59 bits per heavy atom. The molecule has 29 heavy (non-hydrogen) atoms. The molecule has 5 nitrogen and oxygen atoms in total. The number of carbonyl (C=O) groups excluding carboxylic acids is 1. The van der Waals surface area contributed by atoms with Crippen LogP contribution in [-0.4, -0.2) is 79.1 Å². The van der Waals surface area contributed by atoms with Gasteiger partial charge < -0.3 is 9.64 Å². The molecule has 1 unspecified atom stereocenters. The van der Waals surface area contributed by atoms with Crippen molar-refractivity contribution < 1.29 is 13.9 Å². The summed E-state index contributed by atoms with van der Waals surface area (Å²) in [6.07, 6.45) is 0. The maximum atomic E-state index is 13.5. The normalized spacial score (nSPS) is 20.0. The van der Waals surface area contributed by atoms with Crippen LogP contribution in [0.25, 0.3) is 10.4 Å². The lowest BCUT2D eigenvalue weighted by Crippen LogP contribution is -2.55. The van der Waals surface area contributed by atoms with Gasteiger partial charge in [0.2, 0.25) is 5.91 Å². The van der Waals surface area contributed by atoms with Crippen LogP contribution in [0.4, 0.5) is 4.39 Å². The van der Waals surface area contributed by atoms with Gasteiger partial charge in [-0.05, 0) is 36.8 Å². The number of piperazine rings is 1. The van der Waals surface area contributed by atoms with Gasteiger partial charge in [-0.1, -0.05) is 12.1 Å². The summed E-state index contributed by atoms with van der Waals surface area (Å²) in [7, 11) is 0. The molecule has 3 heterocycles. The zero-order valence-corrected chi connectivity index (χ0v) is 17.7. The maximum absolute atomic E-state index is 13.5.